The second-order valence-corrected chi connectivity index (χ2v) is 37.7. The number of Topliss-reactive ketones (excluding diaryl/α,β-unsaturated/α-hetero) is 3. The molecule has 0 heterocycles. The Hall–Kier alpha value is -4.78. The van der Waals surface area contributed by atoms with Gasteiger partial charge >= 0.3 is 41.8 Å². The molecule has 19 heteroatoms. The second kappa shape index (κ2) is 95.4. The zero-order valence-corrected chi connectivity index (χ0v) is 84.1. The Labute approximate surface area is 784 Å². The Morgan fingerprint density at radius 3 is 0.555 bits per heavy atom. The number of carbonyl (C=O) groups excluding carboxylic acids is 10. The van der Waals surface area contributed by atoms with Crippen molar-refractivity contribution in [3.63, 3.8) is 0 Å². The maximum absolute atomic E-state index is 14.6. The monoisotopic (exact) mass is 1810 g/mol. The first-order valence-electron chi connectivity index (χ1n) is 54.5. The Kier molecular flexibility index (Phi) is 91.8. The first-order chi connectivity index (χ1) is 62.6. The summed E-state index contributed by atoms with van der Waals surface area (Å²) in [6.07, 6.45) is 77.3. The largest absolute Gasteiger partial charge is 0.466 e. The van der Waals surface area contributed by atoms with Crippen LogP contribution in [0.25, 0.3) is 0 Å². The van der Waals surface area contributed by atoms with Gasteiger partial charge in [-0.1, -0.05) is 472 Å². The van der Waals surface area contributed by atoms with Gasteiger partial charge < -0.3 is 42.6 Å². The van der Waals surface area contributed by atoms with Gasteiger partial charge in [0, 0.05) is 19.3 Å². The van der Waals surface area contributed by atoms with Crippen LogP contribution in [0.4, 0.5) is 0 Å². The minimum atomic E-state index is -2.43. The molecule has 1 atom stereocenters. The fraction of sp³-hybridized carbons (Fsp3) is 0.908. The van der Waals surface area contributed by atoms with E-state index in [0.29, 0.717) is 38.5 Å². The third kappa shape index (κ3) is 81.9. The molecule has 19 nitrogen and oxygen atoms in total. The first kappa shape index (κ1) is 123. The molecule has 0 N–H and O–H groups in total. The van der Waals surface area contributed by atoms with Crippen molar-refractivity contribution < 1.29 is 90.6 Å². The summed E-state index contributed by atoms with van der Waals surface area (Å²) < 4.78 is 52.1. The van der Waals surface area contributed by atoms with Crippen LogP contribution >= 0.6 is 0 Å². The average Bonchev–Trinajstić information content (AvgIpc) is 0.816. The molecule has 0 fully saturated rings. The molecular formula is C109H200O19. The van der Waals surface area contributed by atoms with Gasteiger partial charge in [0.2, 0.25) is 11.2 Å². The summed E-state index contributed by atoms with van der Waals surface area (Å²) in [5.74, 6) is -7.79. The molecule has 0 saturated carbocycles. The van der Waals surface area contributed by atoms with E-state index in [9.17, 15) is 47.9 Å². The van der Waals surface area contributed by atoms with Gasteiger partial charge in [-0.25, -0.2) is 9.59 Å². The second-order valence-electron chi connectivity index (χ2n) is 37.7. The third-order valence-electron chi connectivity index (χ3n) is 25.1. The quantitative estimate of drug-likeness (QED) is 0.0311. The highest BCUT2D eigenvalue weighted by atomic mass is 16.6. The molecule has 750 valence electrons. The van der Waals surface area contributed by atoms with Gasteiger partial charge in [0.05, 0.1) is 84.8 Å². The fourth-order valence-electron chi connectivity index (χ4n) is 16.8. The predicted octanol–water partition coefficient (Wildman–Crippen LogP) is 30.1. The highest BCUT2D eigenvalue weighted by Crippen LogP contribution is 2.31. The van der Waals surface area contributed by atoms with Crippen LogP contribution in [0.1, 0.15) is 568 Å². The van der Waals surface area contributed by atoms with Crippen molar-refractivity contribution in [2.45, 2.75) is 579 Å². The Bertz CT molecular complexity index is 2330. The summed E-state index contributed by atoms with van der Waals surface area (Å²) in [4.78, 5) is 140. The van der Waals surface area contributed by atoms with Crippen molar-refractivity contribution in [1.29, 1.82) is 0 Å². The summed E-state index contributed by atoms with van der Waals surface area (Å²) in [5.41, 5.74) is -4.74. The minimum Gasteiger partial charge on any atom is -0.466 e. The maximum atomic E-state index is 14.6. The normalized spacial score (nSPS) is 12.0. The molecule has 0 aliphatic carbocycles. The zero-order valence-electron chi connectivity index (χ0n) is 84.1. The molecule has 0 aromatic heterocycles. The van der Waals surface area contributed by atoms with E-state index in [-0.39, 0.29) is 71.3 Å². The molecule has 0 bridgehead atoms. The van der Waals surface area contributed by atoms with E-state index in [4.69, 9.17) is 42.6 Å². The van der Waals surface area contributed by atoms with Gasteiger partial charge in [-0.3, -0.25) is 38.4 Å². The molecule has 0 aromatic rings. The maximum Gasteiger partial charge on any atom is 0.351 e. The van der Waals surface area contributed by atoms with Crippen LogP contribution in [0, 0.1) is 0 Å². The van der Waals surface area contributed by atoms with Gasteiger partial charge in [-0.15, -0.1) is 0 Å². The first-order valence-corrected chi connectivity index (χ1v) is 54.5. The van der Waals surface area contributed by atoms with Crippen molar-refractivity contribution in [2.75, 3.05) is 59.5 Å². The van der Waals surface area contributed by atoms with E-state index in [1.165, 1.54) is 276 Å². The molecule has 1 unspecified atom stereocenters. The molecule has 128 heavy (non-hydrogen) atoms. The number of hydrogen-bond donors (Lipinski definition) is 0. The number of hydrogen-bond acceptors (Lipinski definition) is 19. The van der Waals surface area contributed by atoms with Crippen molar-refractivity contribution in [2.24, 2.45) is 0 Å². The van der Waals surface area contributed by atoms with Crippen molar-refractivity contribution >= 4 is 59.1 Å². The van der Waals surface area contributed by atoms with Crippen LogP contribution in [0.2, 0.25) is 0 Å². The summed E-state index contributed by atoms with van der Waals surface area (Å²) in [5, 5.41) is 0. The van der Waals surface area contributed by atoms with E-state index in [0.717, 1.165) is 154 Å². The van der Waals surface area contributed by atoms with E-state index in [2.05, 4.69) is 41.5 Å². The third-order valence-corrected chi connectivity index (χ3v) is 25.1. The molecule has 0 aliphatic rings. The molecule has 0 aromatic carbocycles. The minimum absolute atomic E-state index is 0.0127. The van der Waals surface area contributed by atoms with Crippen LogP contribution in [-0.4, -0.2) is 130 Å². The van der Waals surface area contributed by atoms with Crippen LogP contribution in [0.15, 0.2) is 0 Å². The van der Waals surface area contributed by atoms with Crippen molar-refractivity contribution in [3.05, 3.63) is 0 Å². The number of ether oxygens (including phenoxy) is 9. The lowest BCUT2D eigenvalue weighted by Gasteiger charge is -2.30. The summed E-state index contributed by atoms with van der Waals surface area (Å²) in [6.45, 7) is 12.5. The molecule has 0 aliphatic heterocycles. The average molecular weight is 1810 g/mol. The van der Waals surface area contributed by atoms with E-state index >= 15 is 0 Å². The van der Waals surface area contributed by atoms with Gasteiger partial charge in [0.25, 0.3) is 0 Å². The number of esters is 7. The lowest BCUT2D eigenvalue weighted by molar-refractivity contribution is -0.191. The summed E-state index contributed by atoms with van der Waals surface area (Å²) in [7, 11) is 0. The fourth-order valence-corrected chi connectivity index (χ4v) is 16.8. The Balaban J connectivity index is 6.33. The van der Waals surface area contributed by atoms with Crippen LogP contribution in [0.3, 0.4) is 0 Å². The Morgan fingerprint density at radius 2 is 0.344 bits per heavy atom. The zero-order chi connectivity index (χ0) is 93.5. The van der Waals surface area contributed by atoms with E-state index in [1.807, 2.05) is 0 Å². The molecule has 0 saturated heterocycles. The Morgan fingerprint density at radius 1 is 0.164 bits per heavy atom. The number of rotatable bonds is 104. The number of unbranched alkanes of at least 4 members (excludes halogenated alkanes) is 67. The lowest BCUT2D eigenvalue weighted by atomic mass is 9.90. The molecular weight excluding hydrogens is 1610 g/mol. The van der Waals surface area contributed by atoms with Gasteiger partial charge in [-0.05, 0) is 38.5 Å². The summed E-state index contributed by atoms with van der Waals surface area (Å²) in [6, 6.07) is 0. The van der Waals surface area contributed by atoms with Crippen LogP contribution in [0.5, 0.6) is 0 Å². The van der Waals surface area contributed by atoms with Crippen molar-refractivity contribution in [1.82, 2.24) is 0 Å². The highest BCUT2D eigenvalue weighted by molar-refractivity contribution is 5.95. The number of carbonyl (C=O) groups is 10. The molecule has 0 spiro atoms. The molecule has 0 rings (SSSR count). The predicted molar refractivity (Wildman–Crippen MR) is 522 cm³/mol. The highest BCUT2D eigenvalue weighted by Gasteiger charge is 2.50. The van der Waals surface area contributed by atoms with Crippen LogP contribution in [-0.2, 0) is 90.6 Å². The topological polar surface area (TPSA) is 254 Å². The van der Waals surface area contributed by atoms with E-state index < -0.39 is 116 Å². The molecule has 0 radical (unpaired) electrons. The summed E-state index contributed by atoms with van der Waals surface area (Å²) >= 11 is 0. The SMILES string of the molecule is CCCCCCCCCCCCCCCC(=O)CC(CC(=O)OCCCCCCCCCCCCCC)(OC(=O)CCC(=O)COCCOCC(=O)CCC(=O)OC(CC(=O)OCCCCCCCCCCCCCC)(CC(=O)OCCCCCCCCCCCCCC)C(=O)OCCCCCCCCCCCCCC)C(=O)OCCCCCCCCCCCCCC. The smallest absolute Gasteiger partial charge is 0.351 e. The molecule has 0 amide bonds. The lowest BCUT2D eigenvalue weighted by Crippen LogP contribution is -2.49. The van der Waals surface area contributed by atoms with Crippen LogP contribution < -0.4 is 0 Å². The van der Waals surface area contributed by atoms with Crippen molar-refractivity contribution in [3.8, 4) is 0 Å². The van der Waals surface area contributed by atoms with Gasteiger partial charge in [0.15, 0.2) is 11.6 Å². The van der Waals surface area contributed by atoms with Gasteiger partial charge in [0.1, 0.15) is 19.0 Å². The van der Waals surface area contributed by atoms with Gasteiger partial charge in [-0.2, -0.15) is 0 Å². The van der Waals surface area contributed by atoms with E-state index in [1.54, 1.807) is 0 Å². The number of ketones is 3. The standard InChI is InChI=1S/C109H200O19/c1-7-13-19-25-31-37-43-49-50-56-62-68-74-80-98(110)92-108(106(118)125-88-78-72-66-60-54-47-41-35-29-23-17-11-5,93-103(115)122-85-75-69-63-57-51-44-38-32-26-20-14-8-2)127-101(113)83-81-99(111)96-120-90-91-121-97-100(112)82-84-102(114)128-109(107(119)126-89-79-73-67-61-55-48-42-36-30-24-18-12-6,94-104(116)123-86-76-70-64-58-52-45-39-33-27-21-15-9-3)95-105(117)124-87-77-71-65-59-53-46-40-34-28-22-16-10-4/h7-97H2,1-6H3.